The topological polar surface area (TPSA) is 7.68 Å². The lowest BCUT2D eigenvalue weighted by atomic mass is 10.1. The van der Waals surface area contributed by atoms with Crippen LogP contribution in [0, 0.1) is 0 Å². The lowest BCUT2D eigenvalue weighted by Gasteiger charge is -2.12. The Kier molecular flexibility index (Phi) is 9.59. The van der Waals surface area contributed by atoms with E-state index < -0.39 is 0 Å². The Morgan fingerprint density at radius 1 is 0.833 bits per heavy atom. The zero-order chi connectivity index (χ0) is 13.1. The Labute approximate surface area is 115 Å². The van der Waals surface area contributed by atoms with Crippen molar-refractivity contribution in [2.24, 2.45) is 0 Å². The lowest BCUT2D eigenvalue weighted by Crippen LogP contribution is -3.07. The van der Waals surface area contributed by atoms with Crippen molar-refractivity contribution < 1.29 is 4.90 Å². The van der Waals surface area contributed by atoms with Gasteiger partial charge in [-0.2, -0.15) is 0 Å². The van der Waals surface area contributed by atoms with Crippen molar-refractivity contribution in [3.63, 3.8) is 0 Å². The first-order valence-corrected chi connectivity index (χ1v) is 8.36. The summed E-state index contributed by atoms with van der Waals surface area (Å²) in [4.78, 5) is 4.31. The van der Waals surface area contributed by atoms with Crippen molar-refractivity contribution in [1.82, 2.24) is 4.90 Å². The predicted molar refractivity (Wildman–Crippen MR) is 80.0 cm³/mol. The second-order valence-corrected chi connectivity index (χ2v) is 6.17. The first-order valence-electron chi connectivity index (χ1n) is 8.36. The number of hydrogen-bond donors (Lipinski definition) is 1. The molecule has 0 spiro atoms. The number of nitrogens with zero attached hydrogens (tertiary/aromatic N) is 1. The zero-order valence-corrected chi connectivity index (χ0v) is 12.8. The molecule has 0 saturated carbocycles. The van der Waals surface area contributed by atoms with Gasteiger partial charge in [0.25, 0.3) is 0 Å². The molecular weight excluding hydrogens is 220 g/mol. The number of rotatable bonds is 11. The van der Waals surface area contributed by atoms with E-state index in [1.165, 1.54) is 90.5 Å². The van der Waals surface area contributed by atoms with Gasteiger partial charge in [0, 0.05) is 6.54 Å². The third-order valence-corrected chi connectivity index (χ3v) is 4.18. The Balaban J connectivity index is 1.73. The van der Waals surface area contributed by atoms with E-state index in [1.54, 1.807) is 4.90 Å². The van der Waals surface area contributed by atoms with E-state index in [-0.39, 0.29) is 0 Å². The van der Waals surface area contributed by atoms with Crippen molar-refractivity contribution in [3.05, 3.63) is 0 Å². The number of likely N-dealkylation sites (N-methyl/N-ethyl adjacent to an activating group) is 1. The number of hydrogen-bond acceptors (Lipinski definition) is 1. The molecule has 1 saturated heterocycles. The van der Waals surface area contributed by atoms with Crippen LogP contribution >= 0.6 is 0 Å². The van der Waals surface area contributed by atoms with Gasteiger partial charge < -0.3 is 4.90 Å². The van der Waals surface area contributed by atoms with Gasteiger partial charge in [0.05, 0.1) is 20.1 Å². The monoisotopic (exact) mass is 255 g/mol. The average Bonchev–Trinajstić information content (AvgIpc) is 2.77. The summed E-state index contributed by atoms with van der Waals surface area (Å²) in [5.74, 6) is 0. The molecule has 0 amide bonds. The minimum absolute atomic E-state index is 1.28. The molecule has 1 unspecified atom stereocenters. The van der Waals surface area contributed by atoms with Crippen molar-refractivity contribution in [1.29, 1.82) is 0 Å². The van der Waals surface area contributed by atoms with Crippen LogP contribution in [0.3, 0.4) is 0 Å². The summed E-state index contributed by atoms with van der Waals surface area (Å²) in [7, 11) is 2.30. The predicted octanol–water partition coefficient (Wildman–Crippen LogP) is 2.70. The maximum Gasteiger partial charge on any atom is 0.133 e. The first-order chi connectivity index (χ1) is 8.83. The highest BCUT2D eigenvalue weighted by molar-refractivity contribution is 4.57. The molecule has 1 fully saturated rings. The van der Waals surface area contributed by atoms with Crippen LogP contribution < -0.4 is 4.90 Å². The molecule has 1 atom stereocenters. The van der Waals surface area contributed by atoms with Crippen LogP contribution in [0.1, 0.15) is 71.1 Å². The van der Waals surface area contributed by atoms with E-state index in [1.807, 2.05) is 0 Å². The summed E-state index contributed by atoms with van der Waals surface area (Å²) in [6.45, 7) is 7.58. The Bertz CT molecular complexity index is 182. The van der Waals surface area contributed by atoms with E-state index in [0.29, 0.717) is 0 Å². The van der Waals surface area contributed by atoms with Crippen LogP contribution in [0.2, 0.25) is 0 Å². The molecule has 0 aromatic carbocycles. The van der Waals surface area contributed by atoms with Crippen LogP contribution in [-0.4, -0.2) is 38.3 Å². The normalized spacial score (nSPS) is 20.7. The van der Waals surface area contributed by atoms with Gasteiger partial charge in [0.1, 0.15) is 6.67 Å². The molecule has 2 nitrogen and oxygen atoms in total. The van der Waals surface area contributed by atoms with Crippen LogP contribution in [0.5, 0.6) is 0 Å². The van der Waals surface area contributed by atoms with Gasteiger partial charge in [-0.3, -0.25) is 4.90 Å². The van der Waals surface area contributed by atoms with Gasteiger partial charge in [0.2, 0.25) is 0 Å². The summed E-state index contributed by atoms with van der Waals surface area (Å²) >= 11 is 0. The van der Waals surface area contributed by atoms with Crippen LogP contribution in [0.15, 0.2) is 0 Å². The Morgan fingerprint density at radius 3 is 1.89 bits per heavy atom. The third-order valence-electron chi connectivity index (χ3n) is 4.18. The fourth-order valence-corrected chi connectivity index (χ4v) is 2.90. The molecule has 0 aliphatic carbocycles. The smallest absolute Gasteiger partial charge is 0.133 e. The second kappa shape index (κ2) is 10.8. The van der Waals surface area contributed by atoms with Gasteiger partial charge >= 0.3 is 0 Å². The number of nitrogens with one attached hydrogen (secondary N) is 1. The minimum Gasteiger partial charge on any atom is -0.324 e. The molecule has 0 aromatic heterocycles. The highest BCUT2D eigenvalue weighted by Crippen LogP contribution is 2.10. The molecule has 18 heavy (non-hydrogen) atoms. The summed E-state index contributed by atoms with van der Waals surface area (Å²) in [5.41, 5.74) is 0. The van der Waals surface area contributed by atoms with E-state index >= 15 is 0 Å². The fourth-order valence-electron chi connectivity index (χ4n) is 2.90. The van der Waals surface area contributed by atoms with Gasteiger partial charge in [-0.1, -0.05) is 64.7 Å². The standard InChI is InChI=1S/C16H34N2/c1-3-4-5-6-7-8-9-10-11-12-13-18-15-14-17(2)16-18/h3-16H2,1-2H3/p+1. The molecule has 1 aliphatic heterocycles. The number of quaternary nitrogens is 1. The quantitative estimate of drug-likeness (QED) is 0.558. The molecule has 0 aromatic rings. The molecule has 1 N–H and O–H groups in total. The van der Waals surface area contributed by atoms with Gasteiger partial charge in [-0.25, -0.2) is 0 Å². The van der Waals surface area contributed by atoms with Gasteiger partial charge in [-0.05, 0) is 6.42 Å². The third kappa shape index (κ3) is 8.10. The largest absolute Gasteiger partial charge is 0.324 e. The average molecular weight is 255 g/mol. The molecule has 2 heteroatoms. The highest BCUT2D eigenvalue weighted by Gasteiger charge is 2.18. The fraction of sp³-hybridized carbons (Fsp3) is 1.00. The molecule has 0 radical (unpaired) electrons. The van der Waals surface area contributed by atoms with E-state index in [4.69, 9.17) is 0 Å². The number of unbranched alkanes of at least 4 members (excludes halogenated alkanes) is 9. The maximum absolute atomic E-state index is 2.63. The van der Waals surface area contributed by atoms with Crippen LogP contribution in [0.4, 0.5) is 0 Å². The van der Waals surface area contributed by atoms with Crippen molar-refractivity contribution in [2.75, 3.05) is 33.4 Å². The van der Waals surface area contributed by atoms with Crippen LogP contribution in [-0.2, 0) is 0 Å². The first kappa shape index (κ1) is 16.0. The van der Waals surface area contributed by atoms with Gasteiger partial charge in [0.15, 0.2) is 0 Å². The summed E-state index contributed by atoms with van der Waals surface area (Å²) in [6.07, 6.45) is 14.5. The van der Waals surface area contributed by atoms with E-state index in [0.717, 1.165) is 0 Å². The molecule has 1 aliphatic rings. The summed E-state index contributed by atoms with van der Waals surface area (Å²) in [5, 5.41) is 0. The second-order valence-electron chi connectivity index (χ2n) is 6.17. The van der Waals surface area contributed by atoms with Crippen molar-refractivity contribution in [2.45, 2.75) is 71.1 Å². The highest BCUT2D eigenvalue weighted by atomic mass is 15.4. The van der Waals surface area contributed by atoms with Crippen molar-refractivity contribution >= 4 is 0 Å². The molecule has 0 bridgehead atoms. The minimum atomic E-state index is 1.28. The maximum atomic E-state index is 2.63. The summed E-state index contributed by atoms with van der Waals surface area (Å²) < 4.78 is 0. The SMILES string of the molecule is CCCCCCCCCCCCN1CC[NH+](C)C1. The molecule has 1 heterocycles. The Morgan fingerprint density at radius 2 is 1.39 bits per heavy atom. The zero-order valence-electron chi connectivity index (χ0n) is 12.8. The lowest BCUT2D eigenvalue weighted by molar-refractivity contribution is -0.871. The summed E-state index contributed by atoms with van der Waals surface area (Å²) in [6, 6.07) is 0. The van der Waals surface area contributed by atoms with Gasteiger partial charge in [-0.15, -0.1) is 0 Å². The molecular formula is C16H35N2+. The van der Waals surface area contributed by atoms with Crippen molar-refractivity contribution in [3.8, 4) is 0 Å². The molecule has 1 rings (SSSR count). The van der Waals surface area contributed by atoms with Crippen LogP contribution in [0.25, 0.3) is 0 Å². The molecule has 108 valence electrons. The Hall–Kier alpha value is -0.0800. The van der Waals surface area contributed by atoms with E-state index in [9.17, 15) is 0 Å². The van der Waals surface area contributed by atoms with E-state index in [2.05, 4.69) is 18.9 Å².